The van der Waals surface area contributed by atoms with E-state index < -0.39 is 0 Å². The molecule has 3 atom stereocenters. The summed E-state index contributed by atoms with van der Waals surface area (Å²) in [6.07, 6.45) is 6.53. The van der Waals surface area contributed by atoms with Gasteiger partial charge < -0.3 is 5.32 Å². The van der Waals surface area contributed by atoms with Crippen molar-refractivity contribution in [3.05, 3.63) is 0 Å². The minimum Gasteiger partial charge on any atom is -0.302 e. The van der Waals surface area contributed by atoms with E-state index in [0.717, 1.165) is 18.1 Å². The molecule has 3 saturated heterocycles. The molecule has 2 bridgehead atoms. The minimum absolute atomic E-state index is 0.757. The lowest BCUT2D eigenvalue weighted by atomic mass is 9.99. The summed E-state index contributed by atoms with van der Waals surface area (Å²) in [5.74, 6) is 1.05. The predicted molar refractivity (Wildman–Crippen MR) is 44.2 cm³/mol. The number of nitrogens with one attached hydrogen (secondary N) is 1. The molecule has 2 nitrogen and oxygen atoms in total. The van der Waals surface area contributed by atoms with Gasteiger partial charge in [0.05, 0.1) is 6.17 Å². The average molecular weight is 152 g/mol. The molecule has 3 fully saturated rings. The Hall–Kier alpha value is -0.0800. The molecular weight excluding hydrogens is 136 g/mol. The number of nitrogens with zero attached hydrogens (tertiary/aromatic N) is 1. The van der Waals surface area contributed by atoms with Crippen LogP contribution in [-0.4, -0.2) is 30.2 Å². The van der Waals surface area contributed by atoms with Crippen LogP contribution in [0.2, 0.25) is 0 Å². The van der Waals surface area contributed by atoms with Crippen LogP contribution < -0.4 is 5.32 Å². The van der Waals surface area contributed by atoms with Gasteiger partial charge >= 0.3 is 0 Å². The Bertz CT molecular complexity index is 161. The van der Waals surface area contributed by atoms with Gasteiger partial charge in [-0.25, -0.2) is 0 Å². The molecular formula is C9H16N2. The summed E-state index contributed by atoms with van der Waals surface area (Å²) in [5.41, 5.74) is 0. The molecule has 0 aromatic rings. The van der Waals surface area contributed by atoms with Crippen molar-refractivity contribution in [3.63, 3.8) is 0 Å². The molecule has 0 aromatic heterocycles. The lowest BCUT2D eigenvalue weighted by Gasteiger charge is -2.40. The summed E-state index contributed by atoms with van der Waals surface area (Å²) in [7, 11) is 0. The zero-order valence-corrected chi connectivity index (χ0v) is 6.92. The van der Waals surface area contributed by atoms with E-state index >= 15 is 0 Å². The quantitative estimate of drug-likeness (QED) is 0.552. The molecule has 2 heteroatoms. The Morgan fingerprint density at radius 3 is 3.18 bits per heavy atom. The van der Waals surface area contributed by atoms with E-state index in [9.17, 15) is 0 Å². The van der Waals surface area contributed by atoms with E-state index in [2.05, 4.69) is 10.2 Å². The van der Waals surface area contributed by atoms with Crippen molar-refractivity contribution in [2.75, 3.05) is 13.1 Å². The Kier molecular flexibility index (Phi) is 1.29. The minimum atomic E-state index is 0.757. The van der Waals surface area contributed by atoms with Crippen LogP contribution in [0.3, 0.4) is 0 Å². The highest BCUT2D eigenvalue weighted by Crippen LogP contribution is 2.37. The lowest BCUT2D eigenvalue weighted by Crippen LogP contribution is -2.54. The van der Waals surface area contributed by atoms with Gasteiger partial charge in [0.25, 0.3) is 0 Å². The third-order valence-electron chi connectivity index (χ3n) is 3.65. The maximum atomic E-state index is 3.60. The van der Waals surface area contributed by atoms with Crippen molar-refractivity contribution >= 4 is 0 Å². The van der Waals surface area contributed by atoms with Crippen molar-refractivity contribution in [2.45, 2.75) is 37.9 Å². The SMILES string of the molecule is C1CC2CC3CCC(N1)N2C3. The molecule has 0 amide bonds. The number of hydrogen-bond donors (Lipinski definition) is 1. The second-order valence-corrected chi connectivity index (χ2v) is 4.29. The first kappa shape index (κ1) is 6.44. The number of piperidine rings is 1. The fraction of sp³-hybridized carbons (Fsp3) is 1.00. The first-order valence-corrected chi connectivity index (χ1v) is 4.92. The molecule has 0 radical (unpaired) electrons. The van der Waals surface area contributed by atoms with Crippen molar-refractivity contribution in [1.29, 1.82) is 0 Å². The Morgan fingerprint density at radius 2 is 2.18 bits per heavy atom. The fourth-order valence-electron chi connectivity index (χ4n) is 3.11. The summed E-state index contributed by atoms with van der Waals surface area (Å²) < 4.78 is 0. The van der Waals surface area contributed by atoms with Crippen molar-refractivity contribution in [1.82, 2.24) is 10.2 Å². The van der Waals surface area contributed by atoms with Crippen LogP contribution in [0.1, 0.15) is 25.7 Å². The molecule has 0 aromatic carbocycles. The van der Waals surface area contributed by atoms with Crippen molar-refractivity contribution in [2.24, 2.45) is 5.92 Å². The predicted octanol–water partition coefficient (Wildman–Crippen LogP) is 0.790. The third kappa shape index (κ3) is 0.859. The normalized spacial score (nSPS) is 49.6. The lowest BCUT2D eigenvalue weighted by molar-refractivity contribution is 0.0818. The van der Waals surface area contributed by atoms with Gasteiger partial charge in [-0.2, -0.15) is 0 Å². The molecule has 3 heterocycles. The van der Waals surface area contributed by atoms with Gasteiger partial charge in [0, 0.05) is 12.6 Å². The van der Waals surface area contributed by atoms with E-state index in [4.69, 9.17) is 0 Å². The van der Waals surface area contributed by atoms with Crippen LogP contribution in [0.5, 0.6) is 0 Å². The topological polar surface area (TPSA) is 15.3 Å². The average Bonchev–Trinajstić information content (AvgIpc) is 2.42. The van der Waals surface area contributed by atoms with E-state index in [1.807, 2.05) is 0 Å². The zero-order chi connectivity index (χ0) is 7.26. The fourth-order valence-corrected chi connectivity index (χ4v) is 3.11. The largest absolute Gasteiger partial charge is 0.302 e. The van der Waals surface area contributed by atoms with Crippen molar-refractivity contribution < 1.29 is 0 Å². The van der Waals surface area contributed by atoms with Gasteiger partial charge in [0.1, 0.15) is 0 Å². The summed E-state index contributed by atoms with van der Waals surface area (Å²) in [6.45, 7) is 2.65. The van der Waals surface area contributed by atoms with Gasteiger partial charge in [-0.1, -0.05) is 0 Å². The van der Waals surface area contributed by atoms with Crippen LogP contribution in [-0.2, 0) is 0 Å². The van der Waals surface area contributed by atoms with E-state index in [1.54, 1.807) is 0 Å². The van der Waals surface area contributed by atoms with Crippen LogP contribution in [0, 0.1) is 5.92 Å². The smallest absolute Gasteiger partial charge is 0.0599 e. The van der Waals surface area contributed by atoms with Crippen LogP contribution in [0.15, 0.2) is 0 Å². The molecule has 62 valence electrons. The maximum absolute atomic E-state index is 3.60. The van der Waals surface area contributed by atoms with Crippen molar-refractivity contribution in [3.8, 4) is 0 Å². The standard InChI is InChI=1S/C9H16N2/c1-2-9-10-4-3-8-5-7(1)6-11(8)9/h7-10H,1-6H2. The summed E-state index contributed by atoms with van der Waals surface area (Å²) in [4.78, 5) is 2.71. The first-order valence-electron chi connectivity index (χ1n) is 4.92. The molecule has 0 saturated carbocycles. The Labute approximate surface area is 68.0 Å². The molecule has 3 rings (SSSR count). The molecule has 11 heavy (non-hydrogen) atoms. The van der Waals surface area contributed by atoms with E-state index in [1.165, 1.54) is 38.8 Å². The highest BCUT2D eigenvalue weighted by molar-refractivity contribution is 4.96. The van der Waals surface area contributed by atoms with Gasteiger partial charge in [0.15, 0.2) is 0 Å². The van der Waals surface area contributed by atoms with Crippen LogP contribution >= 0.6 is 0 Å². The molecule has 3 aliphatic rings. The van der Waals surface area contributed by atoms with Crippen LogP contribution in [0.25, 0.3) is 0 Å². The summed E-state index contributed by atoms with van der Waals surface area (Å²) in [5, 5.41) is 3.60. The maximum Gasteiger partial charge on any atom is 0.0599 e. The summed E-state index contributed by atoms with van der Waals surface area (Å²) in [6, 6.07) is 0.953. The summed E-state index contributed by atoms with van der Waals surface area (Å²) >= 11 is 0. The second kappa shape index (κ2) is 2.20. The number of fused-ring (bicyclic) bond motifs is 1. The van der Waals surface area contributed by atoms with Gasteiger partial charge in [-0.05, 0) is 38.1 Å². The molecule has 0 spiro atoms. The molecule has 3 aliphatic heterocycles. The molecule has 1 N–H and O–H groups in total. The highest BCUT2D eigenvalue weighted by Gasteiger charge is 2.41. The van der Waals surface area contributed by atoms with Gasteiger partial charge in [-0.3, -0.25) is 4.90 Å². The van der Waals surface area contributed by atoms with Gasteiger partial charge in [-0.15, -0.1) is 0 Å². The van der Waals surface area contributed by atoms with Gasteiger partial charge in [0.2, 0.25) is 0 Å². The van der Waals surface area contributed by atoms with Crippen LogP contribution in [0.4, 0.5) is 0 Å². The second-order valence-electron chi connectivity index (χ2n) is 4.29. The number of hydrogen-bond acceptors (Lipinski definition) is 2. The first-order chi connectivity index (χ1) is 5.43. The molecule has 0 aliphatic carbocycles. The van der Waals surface area contributed by atoms with E-state index in [-0.39, 0.29) is 0 Å². The Balaban J connectivity index is 1.88. The molecule has 3 unspecified atom stereocenters. The Morgan fingerprint density at radius 1 is 1.18 bits per heavy atom. The zero-order valence-electron chi connectivity index (χ0n) is 6.92. The monoisotopic (exact) mass is 152 g/mol. The highest BCUT2D eigenvalue weighted by atomic mass is 15.3. The third-order valence-corrected chi connectivity index (χ3v) is 3.65. The number of rotatable bonds is 0. The van der Waals surface area contributed by atoms with E-state index in [0.29, 0.717) is 0 Å².